The van der Waals surface area contributed by atoms with Gasteiger partial charge >= 0.3 is 0 Å². The molecule has 1 aromatic heterocycles. The van der Waals surface area contributed by atoms with E-state index >= 15 is 0 Å². The summed E-state index contributed by atoms with van der Waals surface area (Å²) in [6.45, 7) is 4.92. The van der Waals surface area contributed by atoms with Gasteiger partial charge < -0.3 is 9.64 Å². The molecule has 1 atom stereocenters. The summed E-state index contributed by atoms with van der Waals surface area (Å²) in [5.74, 6) is 0.685. The lowest BCUT2D eigenvalue weighted by Gasteiger charge is -2.34. The van der Waals surface area contributed by atoms with E-state index in [0.717, 1.165) is 19.4 Å². The molecular weight excluding hydrogens is 297 g/mol. The highest BCUT2D eigenvalue weighted by Crippen LogP contribution is 2.41. The molecule has 3 heterocycles. The van der Waals surface area contributed by atoms with E-state index in [2.05, 4.69) is 9.88 Å². The van der Waals surface area contributed by atoms with Gasteiger partial charge in [-0.2, -0.15) is 0 Å². The number of halogens is 1. The predicted octanol–water partition coefficient (Wildman–Crippen LogP) is 2.35. The second kappa shape index (κ2) is 5.08. The Balaban J connectivity index is 1.87. The van der Waals surface area contributed by atoms with Crippen molar-refractivity contribution in [3.05, 3.63) is 45.9 Å². The maximum absolute atomic E-state index is 14.7. The summed E-state index contributed by atoms with van der Waals surface area (Å²) in [5, 5.41) is 0. The Labute approximate surface area is 133 Å². The fourth-order valence-corrected chi connectivity index (χ4v) is 3.62. The standard InChI is InChI=1S/C17H18FN3O2/c1-10-6-16(22)21(11(2)19-10)13-7-14(18)17-15(8-13)23-9-12-4-3-5-20(12)17/h6-8,12H,3-5,9H2,1-2H3. The van der Waals surface area contributed by atoms with Crippen molar-refractivity contribution in [3.63, 3.8) is 0 Å². The molecule has 0 bridgehead atoms. The Hall–Kier alpha value is -2.37. The Morgan fingerprint density at radius 1 is 1.30 bits per heavy atom. The van der Waals surface area contributed by atoms with E-state index in [1.807, 2.05) is 0 Å². The predicted molar refractivity (Wildman–Crippen MR) is 85.1 cm³/mol. The first kappa shape index (κ1) is 14.2. The third-order valence-electron chi connectivity index (χ3n) is 4.58. The highest BCUT2D eigenvalue weighted by molar-refractivity contribution is 5.66. The number of hydrogen-bond acceptors (Lipinski definition) is 4. The van der Waals surface area contributed by atoms with Crippen LogP contribution in [0.25, 0.3) is 5.69 Å². The molecule has 0 radical (unpaired) electrons. The average Bonchev–Trinajstić information content (AvgIpc) is 2.94. The van der Waals surface area contributed by atoms with Crippen LogP contribution in [0.1, 0.15) is 24.4 Å². The second-order valence-electron chi connectivity index (χ2n) is 6.19. The van der Waals surface area contributed by atoms with Crippen molar-refractivity contribution in [2.45, 2.75) is 32.7 Å². The van der Waals surface area contributed by atoms with Crippen LogP contribution in [0.2, 0.25) is 0 Å². The molecule has 0 spiro atoms. The number of anilines is 1. The van der Waals surface area contributed by atoms with Crippen molar-refractivity contribution >= 4 is 5.69 Å². The van der Waals surface area contributed by atoms with Crippen molar-refractivity contribution in [2.75, 3.05) is 18.1 Å². The van der Waals surface area contributed by atoms with Gasteiger partial charge in [-0.3, -0.25) is 9.36 Å². The minimum atomic E-state index is -0.351. The van der Waals surface area contributed by atoms with Gasteiger partial charge in [0.25, 0.3) is 5.56 Å². The van der Waals surface area contributed by atoms with Gasteiger partial charge in [0.2, 0.25) is 0 Å². The molecule has 5 nitrogen and oxygen atoms in total. The summed E-state index contributed by atoms with van der Waals surface area (Å²) in [4.78, 5) is 18.7. The summed E-state index contributed by atoms with van der Waals surface area (Å²) in [5.41, 5.74) is 1.41. The first-order valence-corrected chi connectivity index (χ1v) is 7.85. The molecule has 1 aromatic carbocycles. The molecule has 2 aliphatic rings. The summed E-state index contributed by atoms with van der Waals surface area (Å²) < 4.78 is 21.9. The third kappa shape index (κ3) is 2.20. The van der Waals surface area contributed by atoms with Gasteiger partial charge in [0.05, 0.1) is 11.7 Å². The van der Waals surface area contributed by atoms with Crippen LogP contribution in [-0.4, -0.2) is 28.7 Å². The Bertz CT molecular complexity index is 846. The molecule has 4 rings (SSSR count). The largest absolute Gasteiger partial charge is 0.489 e. The normalized spacial score (nSPS) is 19.3. The van der Waals surface area contributed by atoms with Gasteiger partial charge in [0.1, 0.15) is 23.9 Å². The van der Waals surface area contributed by atoms with Crippen molar-refractivity contribution in [1.29, 1.82) is 0 Å². The van der Waals surface area contributed by atoms with E-state index in [-0.39, 0.29) is 17.4 Å². The van der Waals surface area contributed by atoms with Gasteiger partial charge in [-0.05, 0) is 26.7 Å². The van der Waals surface area contributed by atoms with E-state index in [1.54, 1.807) is 19.9 Å². The molecule has 6 heteroatoms. The smallest absolute Gasteiger partial charge is 0.258 e. The first-order chi connectivity index (χ1) is 11.0. The highest BCUT2D eigenvalue weighted by atomic mass is 19.1. The Morgan fingerprint density at radius 2 is 2.13 bits per heavy atom. The van der Waals surface area contributed by atoms with Crippen LogP contribution in [0.3, 0.4) is 0 Å². The van der Waals surface area contributed by atoms with E-state index in [4.69, 9.17) is 4.74 Å². The number of ether oxygens (including phenoxy) is 1. The fraction of sp³-hybridized carbons (Fsp3) is 0.412. The van der Waals surface area contributed by atoms with Crippen LogP contribution in [0, 0.1) is 19.7 Å². The molecule has 0 N–H and O–H groups in total. The van der Waals surface area contributed by atoms with Crippen LogP contribution < -0.4 is 15.2 Å². The minimum absolute atomic E-state index is 0.218. The SMILES string of the molecule is Cc1cc(=O)n(-c2cc(F)c3c(c2)OCC2CCCN32)c(C)n1. The topological polar surface area (TPSA) is 47.4 Å². The van der Waals surface area contributed by atoms with Crippen LogP contribution >= 0.6 is 0 Å². The summed E-state index contributed by atoms with van der Waals surface area (Å²) in [6.07, 6.45) is 2.08. The monoisotopic (exact) mass is 315 g/mol. The lowest BCUT2D eigenvalue weighted by molar-refractivity contribution is 0.269. The number of aryl methyl sites for hydroxylation is 2. The third-order valence-corrected chi connectivity index (χ3v) is 4.58. The van der Waals surface area contributed by atoms with Gasteiger partial charge in [-0.25, -0.2) is 9.37 Å². The Kier molecular flexibility index (Phi) is 3.14. The zero-order valence-corrected chi connectivity index (χ0v) is 13.2. The van der Waals surface area contributed by atoms with E-state index in [1.165, 1.54) is 16.7 Å². The molecular formula is C17H18FN3O2. The summed E-state index contributed by atoms with van der Waals surface area (Å²) in [7, 11) is 0. The zero-order chi connectivity index (χ0) is 16.1. The van der Waals surface area contributed by atoms with Gasteiger partial charge in [0.15, 0.2) is 5.82 Å². The number of aromatic nitrogens is 2. The van der Waals surface area contributed by atoms with Crippen LogP contribution in [-0.2, 0) is 0 Å². The van der Waals surface area contributed by atoms with Gasteiger partial charge in [-0.1, -0.05) is 0 Å². The molecule has 23 heavy (non-hydrogen) atoms. The number of fused-ring (bicyclic) bond motifs is 3. The van der Waals surface area contributed by atoms with Crippen LogP contribution in [0.4, 0.5) is 10.1 Å². The Morgan fingerprint density at radius 3 is 2.91 bits per heavy atom. The number of nitrogens with zero attached hydrogens (tertiary/aromatic N) is 3. The van der Waals surface area contributed by atoms with E-state index in [9.17, 15) is 9.18 Å². The fourth-order valence-electron chi connectivity index (χ4n) is 3.62. The van der Waals surface area contributed by atoms with Crippen molar-refractivity contribution in [1.82, 2.24) is 9.55 Å². The second-order valence-corrected chi connectivity index (χ2v) is 6.19. The molecule has 1 unspecified atom stereocenters. The van der Waals surface area contributed by atoms with Crippen molar-refractivity contribution in [2.24, 2.45) is 0 Å². The van der Waals surface area contributed by atoms with E-state index in [0.29, 0.717) is 35.2 Å². The van der Waals surface area contributed by atoms with E-state index < -0.39 is 0 Å². The molecule has 0 amide bonds. The van der Waals surface area contributed by atoms with Crippen molar-refractivity contribution in [3.8, 4) is 11.4 Å². The first-order valence-electron chi connectivity index (χ1n) is 7.85. The molecule has 1 fully saturated rings. The highest BCUT2D eigenvalue weighted by Gasteiger charge is 2.34. The lowest BCUT2D eigenvalue weighted by atomic mass is 10.1. The quantitative estimate of drug-likeness (QED) is 0.810. The molecule has 1 saturated heterocycles. The van der Waals surface area contributed by atoms with Crippen LogP contribution in [0.15, 0.2) is 23.0 Å². The maximum atomic E-state index is 14.7. The lowest BCUT2D eigenvalue weighted by Crippen LogP contribution is -2.38. The summed E-state index contributed by atoms with van der Waals surface area (Å²) in [6, 6.07) is 4.84. The summed E-state index contributed by atoms with van der Waals surface area (Å²) >= 11 is 0. The van der Waals surface area contributed by atoms with Crippen LogP contribution in [0.5, 0.6) is 5.75 Å². The van der Waals surface area contributed by atoms with Crippen molar-refractivity contribution < 1.29 is 9.13 Å². The molecule has 0 saturated carbocycles. The number of benzene rings is 1. The molecule has 120 valence electrons. The van der Waals surface area contributed by atoms with Gasteiger partial charge in [0, 0.05) is 30.4 Å². The number of rotatable bonds is 1. The molecule has 2 aliphatic heterocycles. The zero-order valence-electron chi connectivity index (χ0n) is 13.2. The number of hydrogen-bond donors (Lipinski definition) is 0. The van der Waals surface area contributed by atoms with Gasteiger partial charge in [-0.15, -0.1) is 0 Å². The minimum Gasteiger partial charge on any atom is -0.489 e. The average molecular weight is 315 g/mol. The maximum Gasteiger partial charge on any atom is 0.258 e. The molecule has 0 aliphatic carbocycles. The molecule has 2 aromatic rings.